The lowest BCUT2D eigenvalue weighted by atomic mass is 10.00. The average molecular weight is 522 g/mol. The number of benzene rings is 3. The normalized spacial score (nSPS) is 12.8. The molecule has 0 bridgehead atoms. The number of carbonyl (C=O) groups is 1. The first-order chi connectivity index (χ1) is 18.2. The molecular formula is C29H29F2N3O4. The van der Waals surface area contributed by atoms with Gasteiger partial charge in [-0.15, -0.1) is 0 Å². The van der Waals surface area contributed by atoms with Crippen LogP contribution < -0.4 is 16.1 Å². The van der Waals surface area contributed by atoms with Crippen LogP contribution in [0.4, 0.5) is 8.78 Å². The zero-order valence-electron chi connectivity index (χ0n) is 20.8. The van der Waals surface area contributed by atoms with Crippen molar-refractivity contribution in [2.75, 3.05) is 6.54 Å². The van der Waals surface area contributed by atoms with Gasteiger partial charge in [-0.3, -0.25) is 9.59 Å². The standard InChI is InChI=1S/C29H29F2N3O4/c1-2-17-5-3-6-18(9-17)15-32-16-27(37)23(12-19-10-20(30)13-21(31)11-19)34-29(38)24-14-26(36)22-7-4-8-25(35)28(22)33-24/h3-11,13-14,23,27,32,35,37H,2,12,15-16H2,1H3,(H,33,36)(H,34,38)/t23-,27+/m0/s1. The molecule has 4 aromatic rings. The maximum atomic E-state index is 13.8. The molecular weight excluding hydrogens is 492 g/mol. The third-order valence-corrected chi connectivity index (χ3v) is 6.33. The molecule has 9 heteroatoms. The number of hydrogen-bond acceptors (Lipinski definition) is 5. The summed E-state index contributed by atoms with van der Waals surface area (Å²) in [6.45, 7) is 2.61. The number of aryl methyl sites for hydroxylation is 1. The van der Waals surface area contributed by atoms with Crippen molar-refractivity contribution in [3.8, 4) is 5.75 Å². The highest BCUT2D eigenvalue weighted by molar-refractivity contribution is 5.96. The van der Waals surface area contributed by atoms with E-state index < -0.39 is 35.1 Å². The van der Waals surface area contributed by atoms with E-state index in [1.165, 1.54) is 23.8 Å². The summed E-state index contributed by atoms with van der Waals surface area (Å²) < 4.78 is 27.6. The smallest absolute Gasteiger partial charge is 0.268 e. The highest BCUT2D eigenvalue weighted by Gasteiger charge is 2.24. The molecule has 0 saturated heterocycles. The van der Waals surface area contributed by atoms with Gasteiger partial charge in [0.2, 0.25) is 0 Å². The summed E-state index contributed by atoms with van der Waals surface area (Å²) in [4.78, 5) is 28.4. The fourth-order valence-electron chi connectivity index (χ4n) is 4.36. The number of aromatic hydroxyl groups is 1. The number of rotatable bonds is 10. The first-order valence-corrected chi connectivity index (χ1v) is 12.3. The van der Waals surface area contributed by atoms with Crippen LogP contribution in [0, 0.1) is 11.6 Å². The number of phenolic OH excluding ortho intramolecular Hbond substituents is 1. The van der Waals surface area contributed by atoms with Crippen molar-refractivity contribution in [3.63, 3.8) is 0 Å². The number of aromatic amines is 1. The summed E-state index contributed by atoms with van der Waals surface area (Å²) in [5.74, 6) is -2.47. The minimum atomic E-state index is -1.14. The Labute approximate surface area is 218 Å². The van der Waals surface area contributed by atoms with Crippen LogP contribution in [0.1, 0.15) is 34.1 Å². The molecule has 3 aromatic carbocycles. The summed E-state index contributed by atoms with van der Waals surface area (Å²) in [5, 5.41) is 27.1. The number of phenols is 1. The number of para-hydroxylation sites is 1. The number of aliphatic hydroxyl groups is 1. The van der Waals surface area contributed by atoms with Crippen molar-refractivity contribution in [2.24, 2.45) is 0 Å². The monoisotopic (exact) mass is 521 g/mol. The molecule has 0 aliphatic rings. The van der Waals surface area contributed by atoms with Gasteiger partial charge in [-0.2, -0.15) is 0 Å². The third-order valence-electron chi connectivity index (χ3n) is 6.33. The number of hydrogen-bond donors (Lipinski definition) is 5. The Bertz CT molecular complexity index is 1480. The summed E-state index contributed by atoms with van der Waals surface area (Å²) >= 11 is 0. The molecule has 0 aliphatic carbocycles. The van der Waals surface area contributed by atoms with Crippen LogP contribution in [-0.2, 0) is 19.4 Å². The maximum absolute atomic E-state index is 13.8. The van der Waals surface area contributed by atoms with Crippen molar-refractivity contribution >= 4 is 16.8 Å². The van der Waals surface area contributed by atoms with Gasteiger partial charge in [0.15, 0.2) is 5.43 Å². The van der Waals surface area contributed by atoms with Gasteiger partial charge in [0, 0.05) is 30.6 Å². The molecule has 5 N–H and O–H groups in total. The number of pyridine rings is 1. The van der Waals surface area contributed by atoms with Crippen LogP contribution in [0.5, 0.6) is 5.75 Å². The lowest BCUT2D eigenvalue weighted by Gasteiger charge is -2.25. The predicted octanol–water partition coefficient (Wildman–Crippen LogP) is 3.57. The fourth-order valence-corrected chi connectivity index (χ4v) is 4.36. The second kappa shape index (κ2) is 12.0. The first kappa shape index (κ1) is 27.0. The first-order valence-electron chi connectivity index (χ1n) is 12.3. The molecule has 0 aliphatic heterocycles. The largest absolute Gasteiger partial charge is 0.506 e. The van der Waals surface area contributed by atoms with Crippen LogP contribution >= 0.6 is 0 Å². The maximum Gasteiger partial charge on any atom is 0.268 e. The summed E-state index contributed by atoms with van der Waals surface area (Å²) in [6, 6.07) is 15.6. The molecule has 0 saturated carbocycles. The van der Waals surface area contributed by atoms with Crippen molar-refractivity contribution in [1.82, 2.24) is 15.6 Å². The molecule has 0 fully saturated rings. The summed E-state index contributed by atoms with van der Waals surface area (Å²) in [7, 11) is 0. The number of halogens is 2. The second-order valence-corrected chi connectivity index (χ2v) is 9.18. The van der Waals surface area contributed by atoms with E-state index in [9.17, 15) is 28.6 Å². The van der Waals surface area contributed by atoms with Gasteiger partial charge < -0.3 is 25.8 Å². The zero-order valence-corrected chi connectivity index (χ0v) is 20.8. The number of aliphatic hydroxyl groups excluding tert-OH is 1. The van der Waals surface area contributed by atoms with Crippen LogP contribution in [-0.4, -0.2) is 39.8 Å². The molecule has 1 amide bonds. The number of H-pyrrole nitrogens is 1. The van der Waals surface area contributed by atoms with E-state index in [0.717, 1.165) is 36.2 Å². The van der Waals surface area contributed by atoms with E-state index >= 15 is 0 Å². The van der Waals surface area contributed by atoms with E-state index in [2.05, 4.69) is 28.6 Å². The average Bonchev–Trinajstić information content (AvgIpc) is 2.88. The molecule has 0 spiro atoms. The highest BCUT2D eigenvalue weighted by Crippen LogP contribution is 2.20. The van der Waals surface area contributed by atoms with Gasteiger partial charge in [-0.1, -0.05) is 37.3 Å². The van der Waals surface area contributed by atoms with Gasteiger partial charge in [-0.05, 0) is 53.8 Å². The Morgan fingerprint density at radius 1 is 0.974 bits per heavy atom. The number of carbonyl (C=O) groups excluding carboxylic acids is 1. The third kappa shape index (κ3) is 6.62. The van der Waals surface area contributed by atoms with Crippen LogP contribution in [0.3, 0.4) is 0 Å². The Hall–Kier alpha value is -4.08. The van der Waals surface area contributed by atoms with Gasteiger partial charge in [-0.25, -0.2) is 8.78 Å². The van der Waals surface area contributed by atoms with Crippen molar-refractivity contribution in [1.29, 1.82) is 0 Å². The molecule has 1 aromatic heterocycles. The van der Waals surface area contributed by atoms with E-state index in [4.69, 9.17) is 0 Å². The summed E-state index contributed by atoms with van der Waals surface area (Å²) in [5.41, 5.74) is 1.95. The molecule has 0 unspecified atom stereocenters. The molecule has 7 nitrogen and oxygen atoms in total. The molecule has 0 radical (unpaired) electrons. The topological polar surface area (TPSA) is 114 Å². The van der Waals surface area contributed by atoms with Gasteiger partial charge in [0.1, 0.15) is 23.1 Å². The SMILES string of the molecule is CCc1cccc(CNC[C@@H](O)[C@H](Cc2cc(F)cc(F)c2)NC(=O)c2cc(=O)c3cccc(O)c3[nH]2)c1. The fraction of sp³-hybridized carbons (Fsp3) is 0.241. The van der Waals surface area contributed by atoms with Gasteiger partial charge >= 0.3 is 0 Å². The van der Waals surface area contributed by atoms with E-state index in [0.29, 0.717) is 6.54 Å². The lowest BCUT2D eigenvalue weighted by molar-refractivity contribution is 0.0825. The van der Waals surface area contributed by atoms with Crippen LogP contribution in [0.25, 0.3) is 10.9 Å². The van der Waals surface area contributed by atoms with Crippen molar-refractivity contribution in [2.45, 2.75) is 38.5 Å². The van der Waals surface area contributed by atoms with Crippen molar-refractivity contribution < 1.29 is 23.8 Å². The lowest BCUT2D eigenvalue weighted by Crippen LogP contribution is -2.49. The number of fused-ring (bicyclic) bond motifs is 1. The quantitative estimate of drug-likeness (QED) is 0.219. The molecule has 4 rings (SSSR count). The van der Waals surface area contributed by atoms with Gasteiger partial charge in [0.25, 0.3) is 5.91 Å². The number of nitrogens with one attached hydrogen (secondary N) is 3. The minimum absolute atomic E-state index is 0.0718. The molecule has 198 valence electrons. The Kier molecular flexibility index (Phi) is 8.50. The summed E-state index contributed by atoms with van der Waals surface area (Å²) in [6.07, 6.45) is -0.318. The van der Waals surface area contributed by atoms with Crippen LogP contribution in [0.15, 0.2) is 71.5 Å². The van der Waals surface area contributed by atoms with E-state index in [-0.39, 0.29) is 40.9 Å². The van der Waals surface area contributed by atoms with Crippen LogP contribution in [0.2, 0.25) is 0 Å². The molecule has 1 heterocycles. The van der Waals surface area contributed by atoms with Gasteiger partial charge in [0.05, 0.1) is 17.7 Å². The van der Waals surface area contributed by atoms with E-state index in [1.807, 2.05) is 18.2 Å². The highest BCUT2D eigenvalue weighted by atomic mass is 19.1. The predicted molar refractivity (Wildman–Crippen MR) is 141 cm³/mol. The molecule has 38 heavy (non-hydrogen) atoms. The number of aromatic nitrogens is 1. The number of amides is 1. The second-order valence-electron chi connectivity index (χ2n) is 9.18. The van der Waals surface area contributed by atoms with E-state index in [1.54, 1.807) is 0 Å². The minimum Gasteiger partial charge on any atom is -0.506 e. The Balaban J connectivity index is 1.54. The Morgan fingerprint density at radius 3 is 2.42 bits per heavy atom. The molecule has 2 atom stereocenters. The zero-order chi connectivity index (χ0) is 27.2. The Morgan fingerprint density at radius 2 is 1.68 bits per heavy atom. The van der Waals surface area contributed by atoms with Crippen molar-refractivity contribution in [3.05, 3.63) is 111 Å².